The molecular formula is C25H30N2O6. The van der Waals surface area contributed by atoms with Crippen molar-refractivity contribution >= 4 is 17.4 Å². The molecule has 1 atom stereocenters. The van der Waals surface area contributed by atoms with E-state index in [9.17, 15) is 14.7 Å². The van der Waals surface area contributed by atoms with E-state index in [1.54, 1.807) is 43.3 Å². The molecule has 176 valence electrons. The fourth-order valence-electron chi connectivity index (χ4n) is 4.20. The first-order valence-electron chi connectivity index (χ1n) is 11.3. The Morgan fingerprint density at radius 2 is 1.79 bits per heavy atom. The molecule has 1 aromatic carbocycles. The molecule has 2 fully saturated rings. The van der Waals surface area contributed by atoms with Gasteiger partial charge in [-0.05, 0) is 57.2 Å². The van der Waals surface area contributed by atoms with Gasteiger partial charge in [0.25, 0.3) is 11.7 Å². The van der Waals surface area contributed by atoms with E-state index >= 15 is 0 Å². The Bertz CT molecular complexity index is 1030. The number of carbonyl (C=O) groups excluding carboxylic acids is 2. The Balaban J connectivity index is 1.67. The van der Waals surface area contributed by atoms with E-state index in [0.717, 1.165) is 13.1 Å². The van der Waals surface area contributed by atoms with Gasteiger partial charge < -0.3 is 23.9 Å². The number of aryl methyl sites for hydroxylation is 1. The Labute approximate surface area is 193 Å². The number of Topliss-reactive ketones (excluding diaryl/α,β-unsaturated/α-hetero) is 1. The molecule has 2 saturated heterocycles. The fraction of sp³-hybridized carbons (Fsp3) is 0.440. The molecule has 1 aromatic heterocycles. The first-order chi connectivity index (χ1) is 15.8. The molecule has 8 heteroatoms. The number of aliphatic hydroxyl groups is 1. The van der Waals surface area contributed by atoms with E-state index in [2.05, 4.69) is 4.90 Å². The minimum absolute atomic E-state index is 0.0171. The third-order valence-electron chi connectivity index (χ3n) is 5.83. The Morgan fingerprint density at radius 3 is 2.39 bits per heavy atom. The molecular weight excluding hydrogens is 424 g/mol. The molecule has 2 aliphatic rings. The van der Waals surface area contributed by atoms with E-state index in [1.165, 1.54) is 4.90 Å². The predicted octanol–water partition coefficient (Wildman–Crippen LogP) is 3.13. The van der Waals surface area contributed by atoms with Gasteiger partial charge in [-0.3, -0.25) is 14.5 Å². The number of morpholine rings is 1. The van der Waals surface area contributed by atoms with Gasteiger partial charge in [0.2, 0.25) is 0 Å². The van der Waals surface area contributed by atoms with Gasteiger partial charge in [0.1, 0.15) is 29.1 Å². The van der Waals surface area contributed by atoms with Gasteiger partial charge in [0.15, 0.2) is 0 Å². The Hall–Kier alpha value is -3.10. The number of aliphatic hydroxyl groups excluding tert-OH is 1. The molecule has 0 aliphatic carbocycles. The summed E-state index contributed by atoms with van der Waals surface area (Å²) < 4.78 is 16.9. The summed E-state index contributed by atoms with van der Waals surface area (Å²) in [6, 6.07) is 9.57. The van der Waals surface area contributed by atoms with Crippen LogP contribution in [0, 0.1) is 6.92 Å². The average molecular weight is 455 g/mol. The highest BCUT2D eigenvalue weighted by molar-refractivity contribution is 6.46. The summed E-state index contributed by atoms with van der Waals surface area (Å²) in [6.07, 6.45) is 0.0171. The second kappa shape index (κ2) is 9.80. The molecule has 2 aliphatic heterocycles. The van der Waals surface area contributed by atoms with Crippen LogP contribution in [0.3, 0.4) is 0 Å². The lowest BCUT2D eigenvalue weighted by atomic mass is 9.99. The van der Waals surface area contributed by atoms with Crippen LogP contribution in [0.2, 0.25) is 0 Å². The van der Waals surface area contributed by atoms with Crippen LogP contribution < -0.4 is 4.74 Å². The van der Waals surface area contributed by atoms with E-state index in [4.69, 9.17) is 13.9 Å². The Morgan fingerprint density at radius 1 is 1.09 bits per heavy atom. The van der Waals surface area contributed by atoms with E-state index in [1.807, 2.05) is 13.8 Å². The van der Waals surface area contributed by atoms with Crippen molar-refractivity contribution in [2.75, 3.05) is 39.4 Å². The van der Waals surface area contributed by atoms with Gasteiger partial charge in [-0.2, -0.15) is 0 Å². The molecule has 0 radical (unpaired) electrons. The number of amides is 1. The Kier molecular flexibility index (Phi) is 6.85. The number of hydrogen-bond acceptors (Lipinski definition) is 7. The minimum Gasteiger partial charge on any atom is -0.507 e. The molecule has 8 nitrogen and oxygen atoms in total. The normalized spacial score (nSPS) is 21.2. The van der Waals surface area contributed by atoms with E-state index < -0.39 is 17.7 Å². The highest BCUT2D eigenvalue weighted by Crippen LogP contribution is 2.40. The van der Waals surface area contributed by atoms with Crippen LogP contribution in [0.25, 0.3) is 5.76 Å². The van der Waals surface area contributed by atoms with E-state index in [0.29, 0.717) is 49.1 Å². The van der Waals surface area contributed by atoms with Gasteiger partial charge in [0.05, 0.1) is 24.9 Å². The van der Waals surface area contributed by atoms with Crippen LogP contribution in [0.5, 0.6) is 5.75 Å². The standard InChI is InChI=1S/C25H30N2O6/c1-16(2)32-19-7-5-18(6-8-19)23(28)21-22(20-9-4-17(3)33-20)27(25(30)24(21)29)11-10-26-12-14-31-15-13-26/h4-9,16,22,28H,10-15H2,1-3H3/b23-21+/t22-/m0/s1. The molecule has 33 heavy (non-hydrogen) atoms. The average Bonchev–Trinajstić information content (AvgIpc) is 3.33. The van der Waals surface area contributed by atoms with Crippen molar-refractivity contribution in [2.24, 2.45) is 0 Å². The lowest BCUT2D eigenvalue weighted by Crippen LogP contribution is -2.42. The highest BCUT2D eigenvalue weighted by atomic mass is 16.5. The number of likely N-dealkylation sites (tertiary alicyclic amines) is 1. The van der Waals surface area contributed by atoms with Crippen molar-refractivity contribution < 1.29 is 28.6 Å². The summed E-state index contributed by atoms with van der Waals surface area (Å²) in [4.78, 5) is 29.8. The SMILES string of the molecule is Cc1ccc([C@H]2/C(=C(\O)c3ccc(OC(C)C)cc3)C(=O)C(=O)N2CCN2CCOCC2)o1. The molecule has 1 amide bonds. The van der Waals surface area contributed by atoms with Gasteiger partial charge in [0, 0.05) is 31.7 Å². The van der Waals surface area contributed by atoms with Crippen LogP contribution in [-0.2, 0) is 14.3 Å². The van der Waals surface area contributed by atoms with Crippen molar-refractivity contribution in [3.63, 3.8) is 0 Å². The highest BCUT2D eigenvalue weighted by Gasteiger charge is 2.47. The third-order valence-corrected chi connectivity index (χ3v) is 5.83. The van der Waals surface area contributed by atoms with Crippen molar-refractivity contribution in [1.82, 2.24) is 9.80 Å². The summed E-state index contributed by atoms with van der Waals surface area (Å²) in [6.45, 7) is 9.46. The van der Waals surface area contributed by atoms with Gasteiger partial charge in [-0.15, -0.1) is 0 Å². The molecule has 0 spiro atoms. The smallest absolute Gasteiger partial charge is 0.295 e. The summed E-state index contributed by atoms with van der Waals surface area (Å²) in [5.41, 5.74) is 0.472. The molecule has 3 heterocycles. The number of hydrogen-bond donors (Lipinski definition) is 1. The zero-order valence-electron chi connectivity index (χ0n) is 19.2. The lowest BCUT2D eigenvalue weighted by molar-refractivity contribution is -0.140. The first kappa shape index (κ1) is 23.1. The second-order valence-electron chi connectivity index (χ2n) is 8.59. The maximum Gasteiger partial charge on any atom is 0.295 e. The van der Waals surface area contributed by atoms with Crippen LogP contribution >= 0.6 is 0 Å². The molecule has 0 saturated carbocycles. The number of ether oxygens (including phenoxy) is 2. The topological polar surface area (TPSA) is 92.5 Å². The van der Waals surface area contributed by atoms with Crippen molar-refractivity contribution in [3.8, 4) is 5.75 Å². The van der Waals surface area contributed by atoms with Crippen molar-refractivity contribution in [2.45, 2.75) is 32.9 Å². The summed E-state index contributed by atoms with van der Waals surface area (Å²) in [5.74, 6) is 0.205. The van der Waals surface area contributed by atoms with Gasteiger partial charge in [-0.1, -0.05) is 0 Å². The predicted molar refractivity (Wildman–Crippen MR) is 122 cm³/mol. The largest absolute Gasteiger partial charge is 0.507 e. The summed E-state index contributed by atoms with van der Waals surface area (Å²) in [7, 11) is 0. The van der Waals surface area contributed by atoms with Crippen molar-refractivity contribution in [3.05, 3.63) is 59.1 Å². The minimum atomic E-state index is -0.786. The maximum atomic E-state index is 13.1. The van der Waals surface area contributed by atoms with Crippen molar-refractivity contribution in [1.29, 1.82) is 0 Å². The number of ketones is 1. The van der Waals surface area contributed by atoms with Gasteiger partial charge >= 0.3 is 0 Å². The van der Waals surface area contributed by atoms with Crippen LogP contribution in [0.1, 0.15) is 37.0 Å². The molecule has 2 aromatic rings. The molecule has 1 N–H and O–H groups in total. The molecule has 4 rings (SSSR count). The number of benzene rings is 1. The zero-order chi connectivity index (χ0) is 23.5. The fourth-order valence-corrected chi connectivity index (χ4v) is 4.20. The van der Waals surface area contributed by atoms with Crippen LogP contribution in [0.15, 0.2) is 46.4 Å². The maximum absolute atomic E-state index is 13.1. The molecule has 0 unspecified atom stereocenters. The van der Waals surface area contributed by atoms with E-state index in [-0.39, 0.29) is 17.4 Å². The van der Waals surface area contributed by atoms with Crippen LogP contribution in [-0.4, -0.2) is 72.1 Å². The van der Waals surface area contributed by atoms with Crippen LogP contribution in [0.4, 0.5) is 0 Å². The number of nitrogens with zero attached hydrogens (tertiary/aromatic N) is 2. The summed E-state index contributed by atoms with van der Waals surface area (Å²) >= 11 is 0. The quantitative estimate of drug-likeness (QED) is 0.390. The zero-order valence-corrected chi connectivity index (χ0v) is 19.2. The number of carbonyl (C=O) groups is 2. The number of furan rings is 1. The third kappa shape index (κ3) is 4.96. The monoisotopic (exact) mass is 454 g/mol. The van der Waals surface area contributed by atoms with Gasteiger partial charge in [-0.25, -0.2) is 0 Å². The summed E-state index contributed by atoms with van der Waals surface area (Å²) in [5, 5.41) is 11.1. The second-order valence-corrected chi connectivity index (χ2v) is 8.59. The lowest BCUT2D eigenvalue weighted by Gasteiger charge is -2.30. The molecule has 0 bridgehead atoms. The first-order valence-corrected chi connectivity index (χ1v) is 11.3. The number of rotatable bonds is 7.